The standard InChI is InChI=1S/C27H29FO3/c28-22-15-13-21(14-16-22)27-18-25(31-19-27)23(17-12-20-8-4-3-5-9-20)24(27)10-6-1-2-7-11-26(29)30/h1,3-6,8-9,12-17,23-25H,2,7,10-11,18-19H2,(H,29,30)/t23-,24-,25-,27-/m0/s1. The number of ether oxygens (including phenoxy) is 1. The van der Waals surface area contributed by atoms with E-state index in [-0.39, 0.29) is 29.7 Å². The molecule has 31 heavy (non-hydrogen) atoms. The Kier molecular flexibility index (Phi) is 6.67. The lowest BCUT2D eigenvalue weighted by Crippen LogP contribution is -2.39. The van der Waals surface area contributed by atoms with E-state index < -0.39 is 5.97 Å². The summed E-state index contributed by atoms with van der Waals surface area (Å²) in [6, 6.07) is 17.2. The van der Waals surface area contributed by atoms with Crippen LogP contribution in [0.2, 0.25) is 0 Å². The Morgan fingerprint density at radius 2 is 1.90 bits per heavy atom. The summed E-state index contributed by atoms with van der Waals surface area (Å²) in [6.07, 6.45) is 12.4. The number of benzene rings is 2. The summed E-state index contributed by atoms with van der Waals surface area (Å²) < 4.78 is 19.8. The van der Waals surface area contributed by atoms with E-state index in [4.69, 9.17) is 9.84 Å². The Morgan fingerprint density at radius 1 is 1.13 bits per heavy atom. The second-order valence-electron chi connectivity index (χ2n) is 8.66. The second-order valence-corrected chi connectivity index (χ2v) is 8.66. The van der Waals surface area contributed by atoms with Gasteiger partial charge in [0, 0.05) is 17.8 Å². The monoisotopic (exact) mass is 420 g/mol. The highest BCUT2D eigenvalue weighted by atomic mass is 19.1. The van der Waals surface area contributed by atoms with Crippen molar-refractivity contribution < 1.29 is 19.0 Å². The highest BCUT2D eigenvalue weighted by Crippen LogP contribution is 2.57. The Morgan fingerprint density at radius 3 is 2.65 bits per heavy atom. The van der Waals surface area contributed by atoms with Crippen molar-refractivity contribution in [3.63, 3.8) is 0 Å². The molecule has 1 N–H and O–H groups in total. The lowest BCUT2D eigenvalue weighted by Gasteiger charge is -2.38. The maximum atomic E-state index is 13.6. The van der Waals surface area contributed by atoms with Gasteiger partial charge in [0.1, 0.15) is 5.82 Å². The zero-order valence-electron chi connectivity index (χ0n) is 17.6. The maximum Gasteiger partial charge on any atom is 0.303 e. The van der Waals surface area contributed by atoms with Crippen LogP contribution < -0.4 is 0 Å². The first-order valence-corrected chi connectivity index (χ1v) is 11.1. The second kappa shape index (κ2) is 9.61. The summed E-state index contributed by atoms with van der Waals surface area (Å²) in [5.41, 5.74) is 2.20. The molecule has 2 aliphatic rings. The summed E-state index contributed by atoms with van der Waals surface area (Å²) in [5.74, 6) is -0.334. The highest BCUT2D eigenvalue weighted by Gasteiger charge is 2.58. The van der Waals surface area contributed by atoms with Crippen molar-refractivity contribution in [2.24, 2.45) is 11.8 Å². The minimum Gasteiger partial charge on any atom is -0.481 e. The van der Waals surface area contributed by atoms with Crippen molar-refractivity contribution in [1.29, 1.82) is 0 Å². The van der Waals surface area contributed by atoms with E-state index in [0.29, 0.717) is 18.9 Å². The number of aliphatic carboxylic acids is 1. The first-order valence-electron chi connectivity index (χ1n) is 11.1. The van der Waals surface area contributed by atoms with Crippen LogP contribution in [0.5, 0.6) is 0 Å². The molecule has 1 saturated carbocycles. The Bertz CT molecular complexity index is 935. The van der Waals surface area contributed by atoms with E-state index in [0.717, 1.165) is 24.8 Å². The van der Waals surface area contributed by atoms with E-state index in [1.165, 1.54) is 5.56 Å². The predicted octanol–water partition coefficient (Wildman–Crippen LogP) is 6.01. The molecule has 162 valence electrons. The molecule has 2 bridgehead atoms. The van der Waals surface area contributed by atoms with E-state index in [2.05, 4.69) is 36.4 Å². The van der Waals surface area contributed by atoms with Crippen LogP contribution in [0.25, 0.3) is 6.08 Å². The molecular weight excluding hydrogens is 391 g/mol. The fraction of sp³-hybridized carbons (Fsp3) is 0.370. The molecule has 4 rings (SSSR count). The van der Waals surface area contributed by atoms with Crippen LogP contribution in [-0.2, 0) is 14.9 Å². The Hall–Kier alpha value is -2.72. The molecule has 2 fully saturated rings. The number of rotatable bonds is 9. The van der Waals surface area contributed by atoms with Crippen LogP contribution in [0.3, 0.4) is 0 Å². The normalized spacial score (nSPS) is 27.5. The first-order chi connectivity index (χ1) is 15.1. The molecular formula is C27H29FO3. The lowest BCUT2D eigenvalue weighted by molar-refractivity contribution is -0.137. The summed E-state index contributed by atoms with van der Waals surface area (Å²) in [7, 11) is 0. The van der Waals surface area contributed by atoms with E-state index in [1.807, 2.05) is 30.3 Å². The number of carboxylic acid groups (broad SMARTS) is 1. The van der Waals surface area contributed by atoms with Crippen LogP contribution in [0.15, 0.2) is 72.8 Å². The number of unbranched alkanes of at least 4 members (excludes halogenated alkanes) is 1. The largest absolute Gasteiger partial charge is 0.481 e. The summed E-state index contributed by atoms with van der Waals surface area (Å²) >= 11 is 0. The average molecular weight is 421 g/mol. The van der Waals surface area contributed by atoms with E-state index in [1.54, 1.807) is 12.1 Å². The SMILES string of the molecule is O=C(O)CCCC=CC[C@H]1[C@H](C=Cc2ccccc2)[C@@H]2C[C@@]1(c1ccc(F)cc1)CO2. The van der Waals surface area contributed by atoms with Gasteiger partial charge in [-0.2, -0.15) is 0 Å². The number of carbonyl (C=O) groups is 1. The van der Waals surface area contributed by atoms with Crippen LogP contribution in [-0.4, -0.2) is 23.8 Å². The minimum atomic E-state index is -0.750. The number of allylic oxidation sites excluding steroid dienone is 2. The summed E-state index contributed by atoms with van der Waals surface area (Å²) in [5, 5.41) is 8.81. The topological polar surface area (TPSA) is 46.5 Å². The number of carboxylic acids is 1. The zero-order valence-corrected chi connectivity index (χ0v) is 17.6. The first kappa shape index (κ1) is 21.5. The molecule has 0 unspecified atom stereocenters. The average Bonchev–Trinajstić information content (AvgIpc) is 3.33. The number of hydrogen-bond donors (Lipinski definition) is 1. The molecule has 3 nitrogen and oxygen atoms in total. The van der Waals surface area contributed by atoms with Gasteiger partial charge in [0.05, 0.1) is 12.7 Å². The van der Waals surface area contributed by atoms with Gasteiger partial charge in [0.15, 0.2) is 0 Å². The van der Waals surface area contributed by atoms with Crippen LogP contribution >= 0.6 is 0 Å². The van der Waals surface area contributed by atoms with Gasteiger partial charge in [-0.25, -0.2) is 4.39 Å². The highest BCUT2D eigenvalue weighted by molar-refractivity contribution is 5.66. The fourth-order valence-corrected chi connectivity index (χ4v) is 5.22. The number of hydrogen-bond acceptors (Lipinski definition) is 2. The van der Waals surface area contributed by atoms with Gasteiger partial charge in [-0.05, 0) is 54.9 Å². The minimum absolute atomic E-state index is 0.116. The molecule has 1 aliphatic heterocycles. The lowest BCUT2D eigenvalue weighted by atomic mass is 9.69. The van der Waals surface area contributed by atoms with Gasteiger partial charge in [-0.3, -0.25) is 4.79 Å². The smallest absolute Gasteiger partial charge is 0.303 e. The molecule has 4 heteroatoms. The molecule has 0 aromatic heterocycles. The molecule has 2 aromatic carbocycles. The third kappa shape index (κ3) is 4.80. The van der Waals surface area contributed by atoms with E-state index in [9.17, 15) is 9.18 Å². The van der Waals surface area contributed by atoms with Crippen molar-refractivity contribution in [2.45, 2.75) is 43.6 Å². The van der Waals surface area contributed by atoms with Crippen molar-refractivity contribution in [2.75, 3.05) is 6.61 Å². The fourth-order valence-electron chi connectivity index (χ4n) is 5.22. The van der Waals surface area contributed by atoms with Crippen molar-refractivity contribution >= 4 is 12.0 Å². The molecule has 1 saturated heterocycles. The maximum absolute atomic E-state index is 13.6. The van der Waals surface area contributed by atoms with Crippen LogP contribution in [0, 0.1) is 17.7 Å². The Labute approximate surface area is 183 Å². The molecule has 0 spiro atoms. The number of fused-ring (bicyclic) bond motifs is 2. The molecule has 2 aromatic rings. The van der Waals surface area contributed by atoms with Crippen LogP contribution in [0.1, 0.15) is 43.2 Å². The van der Waals surface area contributed by atoms with Crippen molar-refractivity contribution in [1.82, 2.24) is 0 Å². The van der Waals surface area contributed by atoms with Gasteiger partial charge in [0.2, 0.25) is 0 Å². The molecule has 0 radical (unpaired) electrons. The van der Waals surface area contributed by atoms with Crippen molar-refractivity contribution in [3.8, 4) is 0 Å². The summed E-state index contributed by atoms with van der Waals surface area (Å²) in [4.78, 5) is 10.7. The zero-order chi connectivity index (χ0) is 21.7. The third-order valence-electron chi connectivity index (χ3n) is 6.77. The predicted molar refractivity (Wildman–Crippen MR) is 120 cm³/mol. The van der Waals surface area contributed by atoms with Gasteiger partial charge in [0.25, 0.3) is 0 Å². The number of halogens is 1. The van der Waals surface area contributed by atoms with Gasteiger partial charge in [-0.1, -0.05) is 66.8 Å². The Balaban J connectivity index is 1.55. The van der Waals surface area contributed by atoms with Gasteiger partial charge >= 0.3 is 5.97 Å². The summed E-state index contributed by atoms with van der Waals surface area (Å²) in [6.45, 7) is 0.663. The van der Waals surface area contributed by atoms with Gasteiger partial charge in [-0.15, -0.1) is 0 Å². The van der Waals surface area contributed by atoms with Gasteiger partial charge < -0.3 is 9.84 Å². The molecule has 1 heterocycles. The van der Waals surface area contributed by atoms with E-state index >= 15 is 0 Å². The molecule has 4 atom stereocenters. The third-order valence-corrected chi connectivity index (χ3v) is 6.77. The molecule has 0 amide bonds. The molecule has 1 aliphatic carbocycles. The quantitative estimate of drug-likeness (QED) is 0.399. The van der Waals surface area contributed by atoms with Crippen LogP contribution in [0.4, 0.5) is 4.39 Å². The van der Waals surface area contributed by atoms with Crippen molar-refractivity contribution in [3.05, 3.63) is 89.8 Å².